The minimum atomic E-state index is -0.567. The number of aryl methyl sites for hydroxylation is 2. The van der Waals surface area contributed by atoms with Crippen LogP contribution in [0.4, 0.5) is 0 Å². The van der Waals surface area contributed by atoms with Crippen LogP contribution in [0.1, 0.15) is 29.7 Å². The van der Waals surface area contributed by atoms with Gasteiger partial charge < -0.3 is 9.84 Å². The van der Waals surface area contributed by atoms with Crippen molar-refractivity contribution in [2.75, 3.05) is 20.2 Å². The highest BCUT2D eigenvalue weighted by Crippen LogP contribution is 2.21. The molecule has 3 rings (SSSR count). The van der Waals surface area contributed by atoms with Gasteiger partial charge in [0.1, 0.15) is 31.1 Å². The highest BCUT2D eigenvalue weighted by Gasteiger charge is 2.16. The van der Waals surface area contributed by atoms with Crippen molar-refractivity contribution in [3.05, 3.63) is 71.8 Å². The van der Waals surface area contributed by atoms with E-state index in [1.54, 1.807) is 11.0 Å². The van der Waals surface area contributed by atoms with Crippen molar-refractivity contribution in [3.8, 4) is 11.4 Å². The summed E-state index contributed by atoms with van der Waals surface area (Å²) in [7, 11) is 2.01. The van der Waals surface area contributed by atoms with E-state index in [1.807, 2.05) is 38.2 Å². The fourth-order valence-electron chi connectivity index (χ4n) is 3.19. The van der Waals surface area contributed by atoms with Crippen molar-refractivity contribution in [1.29, 1.82) is 0 Å². The molecule has 0 aliphatic heterocycles. The number of hydrogen-bond donors (Lipinski definition) is 1. The number of hydrogen-bond acceptors (Lipinski definition) is 5. The summed E-state index contributed by atoms with van der Waals surface area (Å²) in [6.45, 7) is 7.00. The summed E-state index contributed by atoms with van der Waals surface area (Å²) in [6, 6.07) is 14.4. The maximum Gasteiger partial charge on any atom is 0.138 e. The van der Waals surface area contributed by atoms with Crippen molar-refractivity contribution in [1.82, 2.24) is 19.7 Å². The minimum absolute atomic E-state index is 0.167. The summed E-state index contributed by atoms with van der Waals surface area (Å²) in [5.41, 5.74) is 4.43. The highest BCUT2D eigenvalue weighted by molar-refractivity contribution is 5.36. The third-order valence-electron chi connectivity index (χ3n) is 4.98. The molecule has 0 saturated heterocycles. The number of rotatable bonds is 8. The molecular formula is C22H28N4O2. The second-order valence-electron chi connectivity index (χ2n) is 7.28. The number of likely N-dealkylation sites (N-methyl/N-ethyl adjacent to an activating group) is 1. The van der Waals surface area contributed by atoms with E-state index in [-0.39, 0.29) is 12.6 Å². The van der Waals surface area contributed by atoms with Crippen LogP contribution in [0, 0.1) is 13.8 Å². The van der Waals surface area contributed by atoms with Crippen LogP contribution in [-0.2, 0) is 0 Å². The molecule has 0 aliphatic rings. The molecule has 1 heterocycles. The lowest BCUT2D eigenvalue weighted by Crippen LogP contribution is -2.34. The van der Waals surface area contributed by atoms with E-state index >= 15 is 0 Å². The first kappa shape index (κ1) is 20.0. The second-order valence-corrected chi connectivity index (χ2v) is 7.28. The van der Waals surface area contributed by atoms with Gasteiger partial charge in [0, 0.05) is 12.6 Å². The van der Waals surface area contributed by atoms with E-state index < -0.39 is 6.10 Å². The van der Waals surface area contributed by atoms with Crippen LogP contribution in [0.15, 0.2) is 55.1 Å². The van der Waals surface area contributed by atoms with Crippen LogP contribution in [-0.4, -0.2) is 51.1 Å². The number of aliphatic hydroxyl groups is 1. The molecule has 28 heavy (non-hydrogen) atoms. The SMILES string of the molecule is Cc1ccc(OCC(O)CN(C)C(C)c2ccc(-n3cncn3)cc2)c(C)c1. The molecule has 0 spiro atoms. The van der Waals surface area contributed by atoms with Gasteiger partial charge in [-0.25, -0.2) is 9.67 Å². The van der Waals surface area contributed by atoms with Crippen LogP contribution >= 0.6 is 0 Å². The van der Waals surface area contributed by atoms with Gasteiger partial charge in [0.2, 0.25) is 0 Å². The van der Waals surface area contributed by atoms with Gasteiger partial charge in [0.15, 0.2) is 0 Å². The van der Waals surface area contributed by atoms with Gasteiger partial charge in [-0.1, -0.05) is 29.8 Å². The molecule has 0 radical (unpaired) electrons. The van der Waals surface area contributed by atoms with Crippen molar-refractivity contribution in [2.45, 2.75) is 32.9 Å². The van der Waals surface area contributed by atoms with E-state index in [4.69, 9.17) is 4.74 Å². The molecule has 2 unspecified atom stereocenters. The lowest BCUT2D eigenvalue weighted by molar-refractivity contribution is 0.0651. The average Bonchev–Trinajstić information content (AvgIpc) is 3.21. The van der Waals surface area contributed by atoms with Gasteiger partial charge in [-0.2, -0.15) is 5.10 Å². The fraction of sp³-hybridized carbons (Fsp3) is 0.364. The summed E-state index contributed by atoms with van der Waals surface area (Å²) in [4.78, 5) is 6.10. The average molecular weight is 380 g/mol. The van der Waals surface area contributed by atoms with Gasteiger partial charge >= 0.3 is 0 Å². The van der Waals surface area contributed by atoms with E-state index in [9.17, 15) is 5.11 Å². The maximum absolute atomic E-state index is 10.4. The third kappa shape index (κ3) is 4.97. The lowest BCUT2D eigenvalue weighted by atomic mass is 10.1. The first-order chi connectivity index (χ1) is 13.4. The van der Waals surface area contributed by atoms with Crippen LogP contribution < -0.4 is 4.74 Å². The van der Waals surface area contributed by atoms with E-state index in [0.29, 0.717) is 6.54 Å². The largest absolute Gasteiger partial charge is 0.491 e. The van der Waals surface area contributed by atoms with Crippen molar-refractivity contribution < 1.29 is 9.84 Å². The van der Waals surface area contributed by atoms with Gasteiger partial charge in [0.05, 0.1) is 5.69 Å². The molecule has 2 aromatic carbocycles. The van der Waals surface area contributed by atoms with Crippen LogP contribution in [0.25, 0.3) is 5.69 Å². The van der Waals surface area contributed by atoms with E-state index in [1.165, 1.54) is 17.5 Å². The first-order valence-corrected chi connectivity index (χ1v) is 9.47. The molecule has 1 aromatic heterocycles. The standard InChI is InChI=1S/C22H28N4O2/c1-16-5-10-22(17(2)11-16)28-13-21(27)12-25(4)18(3)19-6-8-20(9-7-19)26-15-23-14-24-26/h5-11,14-15,18,21,27H,12-13H2,1-4H3. The highest BCUT2D eigenvalue weighted by atomic mass is 16.5. The number of benzene rings is 2. The summed E-state index contributed by atoms with van der Waals surface area (Å²) in [5.74, 6) is 0.823. The van der Waals surface area contributed by atoms with Crippen molar-refractivity contribution in [2.24, 2.45) is 0 Å². The molecule has 6 nitrogen and oxygen atoms in total. The summed E-state index contributed by atoms with van der Waals surface area (Å²) >= 11 is 0. The molecule has 148 valence electrons. The Morgan fingerprint density at radius 1 is 1.14 bits per heavy atom. The quantitative estimate of drug-likeness (QED) is 0.650. The summed E-state index contributed by atoms with van der Waals surface area (Å²) < 4.78 is 7.53. The summed E-state index contributed by atoms with van der Waals surface area (Å²) in [5, 5.41) is 14.5. The lowest BCUT2D eigenvalue weighted by Gasteiger charge is -2.27. The predicted molar refractivity (Wildman–Crippen MR) is 110 cm³/mol. The van der Waals surface area contributed by atoms with Crippen molar-refractivity contribution in [3.63, 3.8) is 0 Å². The minimum Gasteiger partial charge on any atom is -0.491 e. The van der Waals surface area contributed by atoms with Gasteiger partial charge in [0.25, 0.3) is 0 Å². The molecule has 2 atom stereocenters. The fourth-order valence-corrected chi connectivity index (χ4v) is 3.19. The molecule has 0 bridgehead atoms. The van der Waals surface area contributed by atoms with Gasteiger partial charge in [-0.3, -0.25) is 4.90 Å². The third-order valence-corrected chi connectivity index (χ3v) is 4.98. The Kier molecular flexibility index (Phi) is 6.44. The Bertz CT molecular complexity index is 878. The number of nitrogens with zero attached hydrogens (tertiary/aromatic N) is 4. The summed E-state index contributed by atoms with van der Waals surface area (Å²) in [6.07, 6.45) is 2.63. The second kappa shape index (κ2) is 8.99. The monoisotopic (exact) mass is 380 g/mol. The Morgan fingerprint density at radius 3 is 2.54 bits per heavy atom. The zero-order valence-corrected chi connectivity index (χ0v) is 16.9. The van der Waals surface area contributed by atoms with Crippen LogP contribution in [0.5, 0.6) is 5.75 Å². The molecule has 1 N–H and O–H groups in total. The van der Waals surface area contributed by atoms with Gasteiger partial charge in [-0.05, 0) is 57.1 Å². The molecule has 0 fully saturated rings. The molecule has 0 aliphatic carbocycles. The zero-order valence-electron chi connectivity index (χ0n) is 16.9. The Morgan fingerprint density at radius 2 is 1.89 bits per heavy atom. The number of ether oxygens (including phenoxy) is 1. The number of aromatic nitrogens is 3. The van der Waals surface area contributed by atoms with E-state index in [2.05, 4.69) is 47.0 Å². The van der Waals surface area contributed by atoms with Gasteiger partial charge in [-0.15, -0.1) is 0 Å². The first-order valence-electron chi connectivity index (χ1n) is 9.47. The predicted octanol–water partition coefficient (Wildman–Crippen LogP) is 3.32. The Labute approximate surface area is 166 Å². The molecule has 0 saturated carbocycles. The Hall–Kier alpha value is -2.70. The number of aliphatic hydroxyl groups excluding tert-OH is 1. The molecule has 3 aromatic rings. The normalized spacial score (nSPS) is 13.5. The van der Waals surface area contributed by atoms with Crippen molar-refractivity contribution >= 4 is 0 Å². The van der Waals surface area contributed by atoms with Crippen LogP contribution in [0.2, 0.25) is 0 Å². The topological polar surface area (TPSA) is 63.4 Å². The van der Waals surface area contributed by atoms with E-state index in [0.717, 1.165) is 17.0 Å². The Balaban J connectivity index is 1.53. The zero-order chi connectivity index (χ0) is 20.1. The maximum atomic E-state index is 10.4. The molecule has 0 amide bonds. The molecular weight excluding hydrogens is 352 g/mol. The molecule has 6 heteroatoms. The van der Waals surface area contributed by atoms with Crippen LogP contribution in [0.3, 0.4) is 0 Å². The smallest absolute Gasteiger partial charge is 0.138 e.